The minimum absolute atomic E-state index is 0.149. The van der Waals surface area contributed by atoms with Gasteiger partial charge in [-0.05, 0) is 12.1 Å². The highest BCUT2D eigenvalue weighted by atomic mass is 32.2. The molecule has 1 aliphatic heterocycles. The van der Waals surface area contributed by atoms with E-state index in [1.807, 2.05) is 12.1 Å². The Bertz CT molecular complexity index is 479. The largest absolute Gasteiger partial charge is 0.368 e. The summed E-state index contributed by atoms with van der Waals surface area (Å²) in [5.41, 5.74) is 0.843. The summed E-state index contributed by atoms with van der Waals surface area (Å²) in [5.74, 6) is 0.149. The molecule has 0 radical (unpaired) electrons. The fraction of sp³-hybridized carbons (Fsp3) is 0.500. The standard InChI is InChI=1S/C12H18N2O2S/c1-2-17(15,16)12-6-4-3-5-11(12)14-9-7-13-8-10-14/h3-6,13H,2,7-10H2,1H3. The summed E-state index contributed by atoms with van der Waals surface area (Å²) in [6.45, 7) is 5.21. The molecule has 1 heterocycles. The van der Waals surface area contributed by atoms with Crippen molar-refractivity contribution in [2.75, 3.05) is 36.8 Å². The van der Waals surface area contributed by atoms with Crippen molar-refractivity contribution in [1.82, 2.24) is 5.32 Å². The number of benzene rings is 1. The first-order valence-corrected chi connectivity index (χ1v) is 7.58. The predicted octanol–water partition coefficient (Wildman–Crippen LogP) is 0.890. The van der Waals surface area contributed by atoms with Crippen molar-refractivity contribution in [2.24, 2.45) is 0 Å². The van der Waals surface area contributed by atoms with Crippen LogP contribution >= 0.6 is 0 Å². The lowest BCUT2D eigenvalue weighted by Crippen LogP contribution is -2.44. The number of rotatable bonds is 3. The fourth-order valence-corrected chi connectivity index (χ4v) is 3.16. The van der Waals surface area contributed by atoms with Crippen LogP contribution in [0.4, 0.5) is 5.69 Å². The van der Waals surface area contributed by atoms with E-state index >= 15 is 0 Å². The zero-order valence-electron chi connectivity index (χ0n) is 10.0. The minimum atomic E-state index is -3.14. The van der Waals surface area contributed by atoms with E-state index in [1.165, 1.54) is 0 Å². The highest BCUT2D eigenvalue weighted by Gasteiger charge is 2.20. The van der Waals surface area contributed by atoms with Crippen LogP contribution in [0, 0.1) is 0 Å². The first kappa shape index (κ1) is 12.4. The van der Waals surface area contributed by atoms with Crippen molar-refractivity contribution in [3.8, 4) is 0 Å². The van der Waals surface area contributed by atoms with Crippen molar-refractivity contribution >= 4 is 15.5 Å². The summed E-state index contributed by atoms with van der Waals surface area (Å²) in [6.07, 6.45) is 0. The van der Waals surface area contributed by atoms with Crippen molar-refractivity contribution < 1.29 is 8.42 Å². The smallest absolute Gasteiger partial charge is 0.180 e. The number of piperazine rings is 1. The summed E-state index contributed by atoms with van der Waals surface area (Å²) in [7, 11) is -3.14. The lowest BCUT2D eigenvalue weighted by atomic mass is 10.2. The van der Waals surface area contributed by atoms with E-state index in [-0.39, 0.29) is 5.75 Å². The van der Waals surface area contributed by atoms with E-state index in [2.05, 4.69) is 10.2 Å². The molecule has 1 fully saturated rings. The minimum Gasteiger partial charge on any atom is -0.368 e. The van der Waals surface area contributed by atoms with Gasteiger partial charge in [-0.1, -0.05) is 19.1 Å². The van der Waals surface area contributed by atoms with E-state index < -0.39 is 9.84 Å². The van der Waals surface area contributed by atoms with Gasteiger partial charge in [0.2, 0.25) is 0 Å². The van der Waals surface area contributed by atoms with Crippen LogP contribution in [-0.4, -0.2) is 40.3 Å². The van der Waals surface area contributed by atoms with E-state index in [1.54, 1.807) is 19.1 Å². The summed E-state index contributed by atoms with van der Waals surface area (Å²) in [6, 6.07) is 7.28. The van der Waals surface area contributed by atoms with Crippen molar-refractivity contribution in [3.05, 3.63) is 24.3 Å². The highest BCUT2D eigenvalue weighted by Crippen LogP contribution is 2.26. The molecule has 2 rings (SSSR count). The molecular formula is C12H18N2O2S. The second-order valence-corrected chi connectivity index (χ2v) is 6.35. The Hall–Kier alpha value is -1.07. The Morgan fingerprint density at radius 1 is 1.24 bits per heavy atom. The van der Waals surface area contributed by atoms with E-state index in [4.69, 9.17) is 0 Å². The first-order valence-electron chi connectivity index (χ1n) is 5.92. The Morgan fingerprint density at radius 3 is 2.53 bits per heavy atom. The summed E-state index contributed by atoms with van der Waals surface area (Å²) < 4.78 is 24.0. The molecule has 1 aliphatic rings. The molecule has 0 bridgehead atoms. The van der Waals surface area contributed by atoms with Crippen LogP contribution < -0.4 is 10.2 Å². The monoisotopic (exact) mass is 254 g/mol. The second kappa shape index (κ2) is 5.06. The summed E-state index contributed by atoms with van der Waals surface area (Å²) in [5, 5.41) is 3.27. The van der Waals surface area contributed by atoms with Crippen LogP contribution in [0.15, 0.2) is 29.2 Å². The predicted molar refractivity (Wildman–Crippen MR) is 69.3 cm³/mol. The van der Waals surface area contributed by atoms with Crippen LogP contribution in [0.5, 0.6) is 0 Å². The molecule has 0 amide bonds. The van der Waals surface area contributed by atoms with Crippen molar-refractivity contribution in [3.63, 3.8) is 0 Å². The van der Waals surface area contributed by atoms with E-state index in [0.29, 0.717) is 4.90 Å². The molecule has 94 valence electrons. The van der Waals surface area contributed by atoms with Gasteiger partial charge in [0.1, 0.15) is 0 Å². The molecule has 1 saturated heterocycles. The maximum absolute atomic E-state index is 12.0. The number of anilines is 1. The third kappa shape index (κ3) is 2.61. The summed E-state index contributed by atoms with van der Waals surface area (Å²) in [4.78, 5) is 2.60. The number of nitrogens with one attached hydrogen (secondary N) is 1. The third-order valence-corrected chi connectivity index (χ3v) is 4.81. The average Bonchev–Trinajstić information content (AvgIpc) is 2.40. The van der Waals surface area contributed by atoms with Gasteiger partial charge < -0.3 is 10.2 Å². The number of para-hydroxylation sites is 1. The lowest BCUT2D eigenvalue weighted by molar-refractivity contribution is 0.580. The molecule has 17 heavy (non-hydrogen) atoms. The Kier molecular flexibility index (Phi) is 3.69. The maximum atomic E-state index is 12.0. The molecule has 0 atom stereocenters. The molecule has 1 aromatic carbocycles. The van der Waals surface area contributed by atoms with Crippen molar-refractivity contribution in [1.29, 1.82) is 0 Å². The average molecular weight is 254 g/mol. The Balaban J connectivity index is 2.40. The normalized spacial score (nSPS) is 17.1. The van der Waals surface area contributed by atoms with Crippen LogP contribution in [0.25, 0.3) is 0 Å². The van der Waals surface area contributed by atoms with Gasteiger partial charge in [-0.2, -0.15) is 0 Å². The molecule has 0 unspecified atom stereocenters. The number of hydrogen-bond acceptors (Lipinski definition) is 4. The number of hydrogen-bond donors (Lipinski definition) is 1. The molecule has 5 heteroatoms. The zero-order chi connectivity index (χ0) is 12.3. The third-order valence-electron chi connectivity index (χ3n) is 3.04. The van der Waals surface area contributed by atoms with Gasteiger partial charge in [-0.25, -0.2) is 8.42 Å². The van der Waals surface area contributed by atoms with Gasteiger partial charge in [0.15, 0.2) is 9.84 Å². The maximum Gasteiger partial charge on any atom is 0.180 e. The number of sulfone groups is 1. The van der Waals surface area contributed by atoms with Crippen LogP contribution in [0.1, 0.15) is 6.92 Å². The van der Waals surface area contributed by atoms with Gasteiger partial charge in [-0.15, -0.1) is 0 Å². The van der Waals surface area contributed by atoms with Gasteiger partial charge in [0.05, 0.1) is 16.3 Å². The molecule has 0 aliphatic carbocycles. The van der Waals surface area contributed by atoms with Crippen molar-refractivity contribution in [2.45, 2.75) is 11.8 Å². The molecule has 4 nitrogen and oxygen atoms in total. The Morgan fingerprint density at radius 2 is 1.88 bits per heavy atom. The molecule has 1 aromatic rings. The topological polar surface area (TPSA) is 49.4 Å². The molecule has 0 saturated carbocycles. The zero-order valence-corrected chi connectivity index (χ0v) is 10.8. The summed E-state index contributed by atoms with van der Waals surface area (Å²) >= 11 is 0. The lowest BCUT2D eigenvalue weighted by Gasteiger charge is -2.30. The second-order valence-electron chi connectivity index (χ2n) is 4.11. The van der Waals surface area contributed by atoms with Gasteiger partial charge in [0, 0.05) is 26.2 Å². The SMILES string of the molecule is CCS(=O)(=O)c1ccccc1N1CCNCC1. The fourth-order valence-electron chi connectivity index (χ4n) is 2.04. The quantitative estimate of drug-likeness (QED) is 0.870. The van der Waals surface area contributed by atoms with Gasteiger partial charge in [0.25, 0.3) is 0 Å². The van der Waals surface area contributed by atoms with E-state index in [0.717, 1.165) is 31.9 Å². The van der Waals surface area contributed by atoms with Crippen LogP contribution in [-0.2, 0) is 9.84 Å². The van der Waals surface area contributed by atoms with E-state index in [9.17, 15) is 8.42 Å². The first-order chi connectivity index (χ1) is 8.15. The molecule has 0 spiro atoms. The molecule has 0 aromatic heterocycles. The van der Waals surface area contributed by atoms with Gasteiger partial charge in [-0.3, -0.25) is 0 Å². The van der Waals surface area contributed by atoms with Crippen LogP contribution in [0.2, 0.25) is 0 Å². The Labute approximate surface area is 103 Å². The molecular weight excluding hydrogens is 236 g/mol. The molecule has 1 N–H and O–H groups in total. The van der Waals surface area contributed by atoms with Gasteiger partial charge >= 0.3 is 0 Å². The van der Waals surface area contributed by atoms with Crippen LogP contribution in [0.3, 0.4) is 0 Å². The highest BCUT2D eigenvalue weighted by molar-refractivity contribution is 7.91. The number of nitrogens with zero attached hydrogens (tertiary/aromatic N) is 1.